The first-order valence-electron chi connectivity index (χ1n) is 13.0. The summed E-state index contributed by atoms with van der Waals surface area (Å²) >= 11 is 0. The van der Waals surface area contributed by atoms with Gasteiger partial charge in [0.05, 0.1) is 0 Å². The zero-order valence-electron chi connectivity index (χ0n) is 20.3. The third-order valence-electron chi connectivity index (χ3n) is 5.46. The first-order chi connectivity index (χ1) is 15.2. The molecule has 0 aromatic heterocycles. The molecular weight excluding hydrogens is 412 g/mol. The predicted octanol–water partition coefficient (Wildman–Crippen LogP) is 5.21. The zero-order chi connectivity index (χ0) is 22.9. The number of hydrogen-bond donors (Lipinski definition) is 3. The van der Waals surface area contributed by atoms with Crippen LogP contribution >= 0.6 is 0 Å². The molecule has 0 amide bonds. The second-order valence-corrected chi connectivity index (χ2v) is 11.2. The van der Waals surface area contributed by atoms with E-state index in [0.29, 0.717) is 19.8 Å². The molecule has 0 unspecified atom stereocenters. The van der Waals surface area contributed by atoms with Gasteiger partial charge < -0.3 is 28.6 Å². The maximum Gasteiger partial charge on any atom is 0.500 e. The highest BCUT2D eigenvalue weighted by Crippen LogP contribution is 2.22. The largest absolute Gasteiger partial charge is 0.500 e. The average molecular weight is 465 g/mol. The van der Waals surface area contributed by atoms with Crippen molar-refractivity contribution in [2.45, 2.75) is 116 Å². The first kappa shape index (κ1) is 31.0. The lowest BCUT2D eigenvalue weighted by molar-refractivity contribution is 0.0520. The molecule has 0 aliphatic carbocycles. The Hall–Kier alpha value is -0.0231. The molecule has 0 aromatic carbocycles. The molecule has 0 radical (unpaired) electrons. The molecule has 31 heavy (non-hydrogen) atoms. The van der Waals surface area contributed by atoms with E-state index in [1.165, 1.54) is 57.8 Å². The molecule has 0 spiro atoms. The minimum Gasteiger partial charge on any atom is -0.396 e. The van der Waals surface area contributed by atoms with Crippen LogP contribution in [0.2, 0.25) is 6.04 Å². The van der Waals surface area contributed by atoms with E-state index < -0.39 is 8.80 Å². The van der Waals surface area contributed by atoms with E-state index in [1.807, 2.05) is 0 Å². The van der Waals surface area contributed by atoms with E-state index >= 15 is 0 Å². The van der Waals surface area contributed by atoms with Crippen LogP contribution in [0.5, 0.6) is 0 Å². The van der Waals surface area contributed by atoms with Gasteiger partial charge in [-0.15, -0.1) is 0 Å². The monoisotopic (exact) mass is 464 g/mol. The van der Waals surface area contributed by atoms with Gasteiger partial charge in [-0.1, -0.05) is 64.7 Å². The van der Waals surface area contributed by atoms with Crippen molar-refractivity contribution in [3.05, 3.63) is 0 Å². The van der Waals surface area contributed by atoms with Gasteiger partial charge in [0.25, 0.3) is 0 Å². The lowest BCUT2D eigenvalue weighted by Crippen LogP contribution is -2.46. The number of aliphatic hydroxyl groups excluding tert-OH is 3. The standard InChI is InChI=1S/C24H52O6Si/c1-2-3-4-5-6-7-8-9-10-17-24-31(28-21-14-11-18-25,29-22-15-12-19-26)30-23-16-13-20-27/h25-27H,2-24H2,1H3. The van der Waals surface area contributed by atoms with Crippen molar-refractivity contribution in [2.24, 2.45) is 0 Å². The van der Waals surface area contributed by atoms with Crippen molar-refractivity contribution in [2.75, 3.05) is 39.6 Å². The summed E-state index contributed by atoms with van der Waals surface area (Å²) in [5, 5.41) is 27.1. The number of hydrogen-bond acceptors (Lipinski definition) is 6. The Morgan fingerprint density at radius 1 is 0.452 bits per heavy atom. The summed E-state index contributed by atoms with van der Waals surface area (Å²) in [6, 6.07) is 0.820. The van der Waals surface area contributed by atoms with Crippen LogP contribution in [0.25, 0.3) is 0 Å². The first-order valence-corrected chi connectivity index (χ1v) is 14.9. The maximum absolute atomic E-state index is 9.05. The third kappa shape index (κ3) is 20.3. The number of aliphatic hydroxyl groups is 3. The van der Waals surface area contributed by atoms with Crippen molar-refractivity contribution in [3.8, 4) is 0 Å². The molecule has 188 valence electrons. The van der Waals surface area contributed by atoms with Gasteiger partial charge in [-0.05, 0) is 44.9 Å². The molecule has 3 N–H and O–H groups in total. The van der Waals surface area contributed by atoms with E-state index in [9.17, 15) is 0 Å². The fourth-order valence-electron chi connectivity index (χ4n) is 3.50. The fraction of sp³-hybridized carbons (Fsp3) is 1.00. The molecule has 0 saturated heterocycles. The van der Waals surface area contributed by atoms with Crippen LogP contribution in [0.15, 0.2) is 0 Å². The molecule has 0 aliphatic rings. The SMILES string of the molecule is CCCCCCCCCCCC[Si](OCCCCO)(OCCCCO)OCCCCO. The maximum atomic E-state index is 9.05. The third-order valence-corrected chi connectivity index (χ3v) is 8.36. The lowest BCUT2D eigenvalue weighted by Gasteiger charge is -2.30. The summed E-state index contributed by atoms with van der Waals surface area (Å²) in [6.07, 6.45) is 17.4. The van der Waals surface area contributed by atoms with Gasteiger partial charge in [-0.2, -0.15) is 0 Å². The molecule has 0 fully saturated rings. The summed E-state index contributed by atoms with van der Waals surface area (Å²) in [7, 11) is -2.78. The summed E-state index contributed by atoms with van der Waals surface area (Å²) < 4.78 is 18.7. The summed E-state index contributed by atoms with van der Waals surface area (Å²) in [6.45, 7) is 4.41. The molecule has 7 heteroatoms. The quantitative estimate of drug-likeness (QED) is 0.120. The Balaban J connectivity index is 4.44. The average Bonchev–Trinajstić information content (AvgIpc) is 2.78. The summed E-state index contributed by atoms with van der Waals surface area (Å²) in [5.41, 5.74) is 0. The highest BCUT2D eigenvalue weighted by Gasteiger charge is 2.40. The van der Waals surface area contributed by atoms with Gasteiger partial charge in [0.1, 0.15) is 0 Å². The smallest absolute Gasteiger partial charge is 0.396 e. The van der Waals surface area contributed by atoms with Crippen LogP contribution in [0.4, 0.5) is 0 Å². The van der Waals surface area contributed by atoms with Gasteiger partial charge in [0, 0.05) is 45.7 Å². The van der Waals surface area contributed by atoms with E-state index in [-0.39, 0.29) is 19.8 Å². The molecule has 0 heterocycles. The van der Waals surface area contributed by atoms with E-state index in [4.69, 9.17) is 28.6 Å². The topological polar surface area (TPSA) is 88.4 Å². The van der Waals surface area contributed by atoms with Crippen LogP contribution in [0, 0.1) is 0 Å². The van der Waals surface area contributed by atoms with Crippen LogP contribution < -0.4 is 0 Å². The summed E-state index contributed by atoms with van der Waals surface area (Å²) in [5.74, 6) is 0. The van der Waals surface area contributed by atoms with E-state index in [1.54, 1.807) is 0 Å². The Morgan fingerprint density at radius 3 is 1.16 bits per heavy atom. The number of unbranched alkanes of at least 4 members (excludes halogenated alkanes) is 12. The van der Waals surface area contributed by atoms with Crippen molar-refractivity contribution in [1.82, 2.24) is 0 Å². The molecule has 6 nitrogen and oxygen atoms in total. The van der Waals surface area contributed by atoms with Crippen LogP contribution in [0.1, 0.15) is 110 Å². The van der Waals surface area contributed by atoms with Crippen LogP contribution in [-0.2, 0) is 13.3 Å². The Bertz CT molecular complexity index is 315. The molecular formula is C24H52O6Si. The second kappa shape index (κ2) is 24.6. The second-order valence-electron chi connectivity index (χ2n) is 8.45. The minimum absolute atomic E-state index is 0.172. The lowest BCUT2D eigenvalue weighted by atomic mass is 10.1. The fourth-order valence-corrected chi connectivity index (χ4v) is 6.23. The Kier molecular flexibility index (Phi) is 24.6. The van der Waals surface area contributed by atoms with Gasteiger partial charge in [0.15, 0.2) is 0 Å². The van der Waals surface area contributed by atoms with E-state index in [2.05, 4.69) is 6.92 Å². The Morgan fingerprint density at radius 2 is 0.806 bits per heavy atom. The number of rotatable bonds is 26. The molecule has 0 bridgehead atoms. The van der Waals surface area contributed by atoms with Gasteiger partial charge in [0.2, 0.25) is 0 Å². The van der Waals surface area contributed by atoms with Gasteiger partial charge >= 0.3 is 8.80 Å². The van der Waals surface area contributed by atoms with Gasteiger partial charge in [-0.25, -0.2) is 0 Å². The van der Waals surface area contributed by atoms with Crippen molar-refractivity contribution >= 4 is 8.80 Å². The van der Waals surface area contributed by atoms with E-state index in [0.717, 1.165) is 51.0 Å². The molecule has 0 aromatic rings. The molecule has 0 rings (SSSR count). The van der Waals surface area contributed by atoms with Crippen LogP contribution in [0.3, 0.4) is 0 Å². The minimum atomic E-state index is -2.78. The Labute approximate surface area is 193 Å². The van der Waals surface area contributed by atoms with Crippen LogP contribution in [-0.4, -0.2) is 63.8 Å². The predicted molar refractivity (Wildman–Crippen MR) is 129 cm³/mol. The molecule has 0 saturated carbocycles. The molecule has 0 atom stereocenters. The highest BCUT2D eigenvalue weighted by molar-refractivity contribution is 6.60. The normalized spacial score (nSPS) is 12.0. The summed E-state index contributed by atoms with van der Waals surface area (Å²) in [4.78, 5) is 0. The zero-order valence-corrected chi connectivity index (χ0v) is 21.3. The van der Waals surface area contributed by atoms with Crippen molar-refractivity contribution in [1.29, 1.82) is 0 Å². The van der Waals surface area contributed by atoms with Gasteiger partial charge in [-0.3, -0.25) is 0 Å². The van der Waals surface area contributed by atoms with Crippen molar-refractivity contribution < 1.29 is 28.6 Å². The van der Waals surface area contributed by atoms with Crippen molar-refractivity contribution in [3.63, 3.8) is 0 Å². The molecule has 0 aliphatic heterocycles. The highest BCUT2D eigenvalue weighted by atomic mass is 28.4.